The molecule has 3 nitrogen and oxygen atoms in total. The van der Waals surface area contributed by atoms with Crippen molar-refractivity contribution in [2.45, 2.75) is 19.3 Å². The predicted octanol–water partition coefficient (Wildman–Crippen LogP) is 4.45. The fourth-order valence-corrected chi connectivity index (χ4v) is 2.84. The Balaban J connectivity index is 1.69. The molecule has 0 heterocycles. The molecule has 114 valence electrons. The highest BCUT2D eigenvalue weighted by Gasteiger charge is 2.46. The van der Waals surface area contributed by atoms with E-state index >= 15 is 0 Å². The summed E-state index contributed by atoms with van der Waals surface area (Å²) in [6, 6.07) is 14.9. The van der Waals surface area contributed by atoms with Gasteiger partial charge in [0.2, 0.25) is 0 Å². The van der Waals surface area contributed by atoms with Crippen molar-refractivity contribution < 1.29 is 14.3 Å². The summed E-state index contributed by atoms with van der Waals surface area (Å²) >= 11 is 6.18. The number of para-hydroxylation sites is 2. The molecular formula is C18H17ClO3. The van der Waals surface area contributed by atoms with E-state index in [0.717, 1.165) is 12.0 Å². The van der Waals surface area contributed by atoms with Crippen LogP contribution in [-0.4, -0.2) is 12.6 Å². The molecule has 3 rings (SSSR count). The van der Waals surface area contributed by atoms with Gasteiger partial charge in [-0.15, -0.1) is 0 Å². The summed E-state index contributed by atoms with van der Waals surface area (Å²) < 4.78 is 11.0. The second kappa shape index (κ2) is 6.41. The van der Waals surface area contributed by atoms with Crippen LogP contribution in [0, 0.1) is 5.92 Å². The Morgan fingerprint density at radius 2 is 1.82 bits per heavy atom. The molecule has 0 bridgehead atoms. The second-order valence-corrected chi connectivity index (χ2v) is 5.68. The maximum atomic E-state index is 12.3. The second-order valence-electron chi connectivity index (χ2n) is 5.27. The molecule has 2 aromatic rings. The average molecular weight is 317 g/mol. The molecule has 0 aromatic heterocycles. The Morgan fingerprint density at radius 1 is 1.14 bits per heavy atom. The first-order valence-electron chi connectivity index (χ1n) is 7.38. The normalized spacial score (nSPS) is 19.5. The number of esters is 1. The van der Waals surface area contributed by atoms with E-state index in [-0.39, 0.29) is 17.8 Å². The van der Waals surface area contributed by atoms with E-state index in [1.165, 1.54) is 0 Å². The van der Waals surface area contributed by atoms with Gasteiger partial charge >= 0.3 is 5.97 Å². The molecule has 1 aliphatic rings. The van der Waals surface area contributed by atoms with Crippen LogP contribution in [-0.2, 0) is 4.79 Å². The quantitative estimate of drug-likeness (QED) is 0.604. The van der Waals surface area contributed by atoms with Crippen molar-refractivity contribution in [3.63, 3.8) is 0 Å². The summed E-state index contributed by atoms with van der Waals surface area (Å²) in [5, 5.41) is 0.706. The zero-order valence-corrected chi connectivity index (χ0v) is 13.0. The van der Waals surface area contributed by atoms with Gasteiger partial charge < -0.3 is 9.47 Å². The summed E-state index contributed by atoms with van der Waals surface area (Å²) in [5.74, 6) is 0.861. The topological polar surface area (TPSA) is 35.5 Å². The Morgan fingerprint density at radius 3 is 2.55 bits per heavy atom. The number of benzene rings is 2. The lowest BCUT2D eigenvalue weighted by Crippen LogP contribution is -2.12. The van der Waals surface area contributed by atoms with E-state index < -0.39 is 0 Å². The first-order valence-corrected chi connectivity index (χ1v) is 7.76. The fraction of sp³-hybridized carbons (Fsp3) is 0.278. The van der Waals surface area contributed by atoms with Crippen LogP contribution in [0.25, 0.3) is 0 Å². The monoisotopic (exact) mass is 316 g/mol. The average Bonchev–Trinajstić information content (AvgIpc) is 3.30. The van der Waals surface area contributed by atoms with Gasteiger partial charge in [-0.2, -0.15) is 0 Å². The van der Waals surface area contributed by atoms with Crippen molar-refractivity contribution in [3.8, 4) is 11.5 Å². The van der Waals surface area contributed by atoms with Crippen molar-refractivity contribution in [1.82, 2.24) is 0 Å². The van der Waals surface area contributed by atoms with Gasteiger partial charge in [0.05, 0.1) is 12.5 Å². The highest BCUT2D eigenvalue weighted by atomic mass is 35.5. The van der Waals surface area contributed by atoms with Gasteiger partial charge in [-0.25, -0.2) is 0 Å². The molecule has 1 saturated carbocycles. The predicted molar refractivity (Wildman–Crippen MR) is 85.5 cm³/mol. The highest BCUT2D eigenvalue weighted by molar-refractivity contribution is 6.31. The van der Waals surface area contributed by atoms with Gasteiger partial charge in [-0.05, 0) is 43.0 Å². The molecule has 0 N–H and O–H groups in total. The minimum Gasteiger partial charge on any atom is -0.490 e. The van der Waals surface area contributed by atoms with Gasteiger partial charge in [-0.1, -0.05) is 41.9 Å². The van der Waals surface area contributed by atoms with E-state index in [1.54, 1.807) is 12.1 Å². The molecule has 1 fully saturated rings. The molecule has 2 aromatic carbocycles. The molecule has 0 spiro atoms. The summed E-state index contributed by atoms with van der Waals surface area (Å²) in [4.78, 5) is 12.3. The van der Waals surface area contributed by atoms with Crippen molar-refractivity contribution in [3.05, 3.63) is 59.1 Å². The Bertz CT molecular complexity index is 684. The zero-order valence-electron chi connectivity index (χ0n) is 12.3. The molecule has 22 heavy (non-hydrogen) atoms. The summed E-state index contributed by atoms with van der Waals surface area (Å²) in [6.45, 7) is 2.42. The minimum atomic E-state index is -0.225. The Kier molecular flexibility index (Phi) is 4.34. The van der Waals surface area contributed by atoms with Gasteiger partial charge in [0.15, 0.2) is 11.5 Å². The highest BCUT2D eigenvalue weighted by Crippen LogP contribution is 2.50. The van der Waals surface area contributed by atoms with Crippen LogP contribution >= 0.6 is 11.6 Å². The van der Waals surface area contributed by atoms with Crippen molar-refractivity contribution in [2.24, 2.45) is 5.92 Å². The van der Waals surface area contributed by atoms with Gasteiger partial charge in [0, 0.05) is 5.02 Å². The summed E-state index contributed by atoms with van der Waals surface area (Å²) in [6.07, 6.45) is 0.777. The molecule has 0 amide bonds. The number of hydrogen-bond donors (Lipinski definition) is 0. The third-order valence-electron chi connectivity index (χ3n) is 3.76. The van der Waals surface area contributed by atoms with Gasteiger partial charge in [0.25, 0.3) is 0 Å². The number of carbonyl (C=O) groups excluding carboxylic acids is 1. The molecule has 2 unspecified atom stereocenters. The van der Waals surface area contributed by atoms with Crippen LogP contribution in [0.1, 0.15) is 24.8 Å². The first kappa shape index (κ1) is 14.9. The molecule has 1 aliphatic carbocycles. The number of halogens is 1. The van der Waals surface area contributed by atoms with Crippen LogP contribution in [0.15, 0.2) is 48.5 Å². The van der Waals surface area contributed by atoms with Crippen molar-refractivity contribution >= 4 is 17.6 Å². The lowest BCUT2D eigenvalue weighted by Gasteiger charge is -2.10. The SMILES string of the molecule is CCOc1ccccc1OC(=O)C1CC1c1ccccc1Cl. The molecule has 4 heteroatoms. The van der Waals surface area contributed by atoms with Crippen LogP contribution in [0.5, 0.6) is 11.5 Å². The standard InChI is InChI=1S/C18H17ClO3/c1-2-21-16-9-5-6-10-17(16)22-18(20)14-11-13(14)12-7-3-4-8-15(12)19/h3-10,13-14H,2,11H2,1H3. The number of rotatable bonds is 5. The Hall–Kier alpha value is -2.00. The van der Waals surface area contributed by atoms with E-state index in [0.29, 0.717) is 23.1 Å². The molecule has 0 aliphatic heterocycles. The summed E-state index contributed by atoms with van der Waals surface area (Å²) in [7, 11) is 0. The maximum absolute atomic E-state index is 12.3. The lowest BCUT2D eigenvalue weighted by atomic mass is 10.1. The zero-order chi connectivity index (χ0) is 15.5. The third kappa shape index (κ3) is 3.09. The van der Waals surface area contributed by atoms with E-state index in [4.69, 9.17) is 21.1 Å². The van der Waals surface area contributed by atoms with E-state index in [9.17, 15) is 4.79 Å². The molecule has 0 saturated heterocycles. The van der Waals surface area contributed by atoms with Crippen LogP contribution in [0.2, 0.25) is 5.02 Å². The fourth-order valence-electron chi connectivity index (χ4n) is 2.57. The third-order valence-corrected chi connectivity index (χ3v) is 4.10. The number of hydrogen-bond acceptors (Lipinski definition) is 3. The largest absolute Gasteiger partial charge is 0.490 e. The van der Waals surface area contributed by atoms with E-state index in [1.807, 2.05) is 43.3 Å². The van der Waals surface area contributed by atoms with Crippen LogP contribution < -0.4 is 9.47 Å². The number of ether oxygens (including phenoxy) is 2. The van der Waals surface area contributed by atoms with E-state index in [2.05, 4.69) is 0 Å². The van der Waals surface area contributed by atoms with Crippen LogP contribution in [0.3, 0.4) is 0 Å². The van der Waals surface area contributed by atoms with Crippen LogP contribution in [0.4, 0.5) is 0 Å². The molecular weight excluding hydrogens is 300 g/mol. The number of carbonyl (C=O) groups is 1. The molecule has 0 radical (unpaired) electrons. The van der Waals surface area contributed by atoms with Crippen molar-refractivity contribution in [2.75, 3.05) is 6.61 Å². The first-order chi connectivity index (χ1) is 10.7. The van der Waals surface area contributed by atoms with Gasteiger partial charge in [0.1, 0.15) is 0 Å². The minimum absolute atomic E-state index is 0.130. The van der Waals surface area contributed by atoms with Crippen molar-refractivity contribution in [1.29, 1.82) is 0 Å². The van der Waals surface area contributed by atoms with Gasteiger partial charge in [-0.3, -0.25) is 4.79 Å². The maximum Gasteiger partial charge on any atom is 0.315 e. The Labute approximate surface area is 134 Å². The molecule has 2 atom stereocenters. The lowest BCUT2D eigenvalue weighted by molar-refractivity contribution is -0.136. The summed E-state index contributed by atoms with van der Waals surface area (Å²) in [5.41, 5.74) is 1.02. The smallest absolute Gasteiger partial charge is 0.315 e.